The molecule has 0 aliphatic heterocycles. The number of hydrogen-bond donors (Lipinski definition) is 2. The highest BCUT2D eigenvalue weighted by Gasteiger charge is 2.40. The van der Waals surface area contributed by atoms with Crippen molar-refractivity contribution in [2.24, 2.45) is 0 Å². The van der Waals surface area contributed by atoms with Gasteiger partial charge >= 0.3 is 11.7 Å². The average molecular weight is 537 g/mol. The topological polar surface area (TPSA) is 136 Å². The smallest absolute Gasteiger partial charge is 0.346 e. The van der Waals surface area contributed by atoms with Gasteiger partial charge in [0.15, 0.2) is 9.84 Å². The lowest BCUT2D eigenvalue weighted by Gasteiger charge is -2.27. The van der Waals surface area contributed by atoms with E-state index in [4.69, 9.17) is 4.74 Å². The predicted molar refractivity (Wildman–Crippen MR) is 128 cm³/mol. The summed E-state index contributed by atoms with van der Waals surface area (Å²) >= 11 is 0.700. The molecule has 2 N–H and O–H groups in total. The number of fused-ring (bicyclic) bond motifs is 1. The van der Waals surface area contributed by atoms with Crippen molar-refractivity contribution in [3.8, 4) is 11.4 Å². The van der Waals surface area contributed by atoms with Gasteiger partial charge in [-0.25, -0.2) is 31.4 Å². The van der Waals surface area contributed by atoms with Crippen LogP contribution in [0, 0.1) is 11.6 Å². The number of hydrogen-bond acceptors (Lipinski definition) is 7. The van der Waals surface area contributed by atoms with E-state index in [2.05, 4.69) is 4.98 Å². The third kappa shape index (κ3) is 3.80. The van der Waals surface area contributed by atoms with Crippen LogP contribution >= 0.6 is 11.3 Å². The second kappa shape index (κ2) is 8.68. The molecule has 0 saturated carbocycles. The summed E-state index contributed by atoms with van der Waals surface area (Å²) < 4.78 is 60.0. The molecule has 0 atom stereocenters. The number of H-pyrrole nitrogens is 1. The molecule has 188 valence electrons. The van der Waals surface area contributed by atoms with Crippen molar-refractivity contribution in [3.05, 3.63) is 84.7 Å². The number of carboxylic acid groups (broad SMARTS) is 1. The second-order valence-electron chi connectivity index (χ2n) is 8.20. The molecule has 2 heterocycles. The van der Waals surface area contributed by atoms with E-state index in [-0.39, 0.29) is 27.1 Å². The summed E-state index contributed by atoms with van der Waals surface area (Å²) in [4.78, 5) is 38.8. The fourth-order valence-corrected chi connectivity index (χ4v) is 6.22. The van der Waals surface area contributed by atoms with E-state index in [1.807, 2.05) is 0 Å². The lowest BCUT2D eigenvalue weighted by molar-refractivity contribution is 0.0704. The quantitative estimate of drug-likeness (QED) is 0.361. The molecule has 13 heteroatoms. The van der Waals surface area contributed by atoms with Gasteiger partial charge in [-0.2, -0.15) is 0 Å². The number of aromatic amines is 1. The molecule has 0 bridgehead atoms. The molecule has 0 aliphatic carbocycles. The average Bonchev–Trinajstić information content (AvgIpc) is 3.24. The number of carboxylic acids is 1. The maximum Gasteiger partial charge on any atom is 0.346 e. The number of sulfone groups is 1. The van der Waals surface area contributed by atoms with Crippen LogP contribution in [-0.2, 0) is 14.6 Å². The van der Waals surface area contributed by atoms with Crippen LogP contribution in [0.4, 0.5) is 8.78 Å². The fraction of sp³-hybridized carbons (Fsp3) is 0.174. The lowest BCUT2D eigenvalue weighted by Crippen LogP contribution is -2.35. The molecule has 0 unspecified atom stereocenters. The minimum atomic E-state index is -4.40. The fourth-order valence-electron chi connectivity index (χ4n) is 3.83. The van der Waals surface area contributed by atoms with E-state index in [1.54, 1.807) is 0 Å². The van der Waals surface area contributed by atoms with Crippen LogP contribution in [0.25, 0.3) is 16.6 Å². The normalized spacial score (nSPS) is 12.1. The highest BCUT2D eigenvalue weighted by molar-refractivity contribution is 7.92. The van der Waals surface area contributed by atoms with E-state index in [9.17, 15) is 36.7 Å². The molecular weight excluding hydrogens is 518 g/mol. The third-order valence-corrected chi connectivity index (χ3v) is 9.20. The molecule has 0 radical (unpaired) electrons. The van der Waals surface area contributed by atoms with E-state index in [0.29, 0.717) is 15.9 Å². The summed E-state index contributed by atoms with van der Waals surface area (Å²) in [7, 11) is -3.11. The van der Waals surface area contributed by atoms with Crippen molar-refractivity contribution in [2.45, 2.75) is 23.5 Å². The number of carbonyl (C=O) groups is 1. The highest BCUT2D eigenvalue weighted by atomic mass is 32.2. The van der Waals surface area contributed by atoms with Gasteiger partial charge in [0.05, 0.1) is 33.3 Å². The molecule has 0 amide bonds. The number of nitrogens with zero attached hydrogens (tertiary/aromatic N) is 1. The van der Waals surface area contributed by atoms with Gasteiger partial charge in [-0.15, -0.1) is 11.3 Å². The van der Waals surface area contributed by atoms with Gasteiger partial charge < -0.3 is 14.8 Å². The molecule has 36 heavy (non-hydrogen) atoms. The Bertz CT molecular complexity index is 1770. The number of nitrogens with one attached hydrogen (secondary N) is 1. The van der Waals surface area contributed by atoms with Crippen LogP contribution in [-0.4, -0.2) is 36.2 Å². The minimum absolute atomic E-state index is 0.00307. The number of ether oxygens (including phenoxy) is 1. The zero-order valence-electron chi connectivity index (χ0n) is 19.0. The first-order valence-electron chi connectivity index (χ1n) is 10.2. The Morgan fingerprint density at radius 2 is 1.83 bits per heavy atom. The third-order valence-electron chi connectivity index (χ3n) is 5.80. The van der Waals surface area contributed by atoms with Crippen LogP contribution < -0.4 is 16.0 Å². The lowest BCUT2D eigenvalue weighted by atomic mass is 10.0. The van der Waals surface area contributed by atoms with Crippen LogP contribution in [0.5, 0.6) is 5.75 Å². The molecular formula is C23H18F2N2O7S2. The van der Waals surface area contributed by atoms with Gasteiger partial charge in [-0.1, -0.05) is 0 Å². The first kappa shape index (κ1) is 25.3. The van der Waals surface area contributed by atoms with E-state index in [0.717, 1.165) is 30.3 Å². The Morgan fingerprint density at radius 1 is 1.14 bits per heavy atom. The Labute approximate surface area is 206 Å². The molecule has 0 fully saturated rings. The van der Waals surface area contributed by atoms with Crippen LogP contribution in [0.2, 0.25) is 0 Å². The molecule has 2 aromatic heterocycles. The van der Waals surface area contributed by atoms with Gasteiger partial charge in [-0.05, 0) is 50.2 Å². The zero-order valence-corrected chi connectivity index (χ0v) is 20.6. The van der Waals surface area contributed by atoms with Crippen molar-refractivity contribution in [3.63, 3.8) is 0 Å². The van der Waals surface area contributed by atoms with Crippen molar-refractivity contribution < 1.29 is 31.8 Å². The SMILES string of the molecule is COc1ccc(F)cc1C(C)(C)S(=O)(=O)c1ccc(F)c(-n2c(=O)[nH]c3csc(C(=O)O)c3c2=O)c1. The van der Waals surface area contributed by atoms with Crippen molar-refractivity contribution in [1.82, 2.24) is 9.55 Å². The standard InChI is InChI=1S/C23H18F2N2O7S2/c1-23(2,13-8-11(24)4-7-17(13)34-3)36(32,33)12-5-6-14(25)16(9-12)27-20(28)18-15(26-22(27)31)10-35-19(18)21(29)30/h4-10H,1-3H3,(H,26,31)(H,29,30). The summed E-state index contributed by atoms with van der Waals surface area (Å²) in [5.74, 6) is -3.13. The van der Waals surface area contributed by atoms with Gasteiger partial charge in [0.1, 0.15) is 22.3 Å². The zero-order chi connectivity index (χ0) is 26.6. The maximum absolute atomic E-state index is 14.9. The number of rotatable bonds is 6. The molecule has 0 aliphatic rings. The first-order chi connectivity index (χ1) is 16.8. The van der Waals surface area contributed by atoms with Crippen LogP contribution in [0.15, 0.2) is 56.3 Å². The Hall–Kier alpha value is -3.84. The predicted octanol–water partition coefficient (Wildman–Crippen LogP) is 3.43. The van der Waals surface area contributed by atoms with Gasteiger partial charge in [0, 0.05) is 10.9 Å². The summed E-state index contributed by atoms with van der Waals surface area (Å²) in [6.07, 6.45) is 0. The summed E-state index contributed by atoms with van der Waals surface area (Å²) in [6, 6.07) is 5.90. The molecule has 2 aromatic carbocycles. The molecule has 4 aromatic rings. The highest BCUT2D eigenvalue weighted by Crippen LogP contribution is 2.40. The number of methoxy groups -OCH3 is 1. The Balaban J connectivity index is 1.97. The Morgan fingerprint density at radius 3 is 2.47 bits per heavy atom. The number of halogens is 2. The van der Waals surface area contributed by atoms with E-state index >= 15 is 0 Å². The van der Waals surface area contributed by atoms with Crippen LogP contribution in [0.1, 0.15) is 29.1 Å². The van der Waals surface area contributed by atoms with Crippen molar-refractivity contribution in [2.75, 3.05) is 7.11 Å². The first-order valence-corrected chi connectivity index (χ1v) is 12.6. The number of thiophene rings is 1. The molecule has 9 nitrogen and oxygen atoms in total. The second-order valence-corrected chi connectivity index (χ2v) is 11.6. The summed E-state index contributed by atoms with van der Waals surface area (Å²) in [5, 5.41) is 10.3. The van der Waals surface area contributed by atoms with Gasteiger partial charge in [0.2, 0.25) is 0 Å². The monoisotopic (exact) mass is 536 g/mol. The summed E-state index contributed by atoms with van der Waals surface area (Å²) in [6.45, 7) is 2.61. The minimum Gasteiger partial charge on any atom is -0.496 e. The molecule has 0 saturated heterocycles. The van der Waals surface area contributed by atoms with E-state index in [1.165, 1.54) is 32.4 Å². The van der Waals surface area contributed by atoms with Crippen molar-refractivity contribution in [1.29, 1.82) is 0 Å². The maximum atomic E-state index is 14.9. The van der Waals surface area contributed by atoms with Gasteiger partial charge in [0.25, 0.3) is 5.56 Å². The Kier molecular flexibility index (Phi) is 6.09. The van der Waals surface area contributed by atoms with Gasteiger partial charge in [-0.3, -0.25) is 4.79 Å². The molecule has 0 spiro atoms. The van der Waals surface area contributed by atoms with Crippen molar-refractivity contribution >= 4 is 38.0 Å². The summed E-state index contributed by atoms with van der Waals surface area (Å²) in [5.41, 5.74) is -2.98. The largest absolute Gasteiger partial charge is 0.496 e. The number of aromatic carboxylic acids is 1. The van der Waals surface area contributed by atoms with E-state index < -0.39 is 54.0 Å². The number of aromatic nitrogens is 2. The molecule has 4 rings (SSSR count). The van der Waals surface area contributed by atoms with Crippen LogP contribution in [0.3, 0.4) is 0 Å². The number of benzene rings is 2.